The van der Waals surface area contributed by atoms with Gasteiger partial charge in [-0.25, -0.2) is 0 Å². The average Bonchev–Trinajstić information content (AvgIpc) is 2.88. The Balaban J connectivity index is 1.80. The van der Waals surface area contributed by atoms with Gasteiger partial charge >= 0.3 is 0 Å². The second-order valence-corrected chi connectivity index (χ2v) is 7.56. The lowest BCUT2D eigenvalue weighted by molar-refractivity contribution is -0.386. The lowest BCUT2D eigenvalue weighted by atomic mass is 9.69. The molecule has 6 heteroatoms. The summed E-state index contributed by atoms with van der Waals surface area (Å²) >= 11 is 0. The van der Waals surface area contributed by atoms with Gasteiger partial charge in [-0.15, -0.1) is 0 Å². The molecule has 4 atom stereocenters. The van der Waals surface area contributed by atoms with Crippen molar-refractivity contribution in [2.75, 3.05) is 13.2 Å². The summed E-state index contributed by atoms with van der Waals surface area (Å²) in [6.07, 6.45) is -1.25. The normalized spacial score (nSPS) is 47.3. The molecule has 3 aliphatic heterocycles. The van der Waals surface area contributed by atoms with Crippen LogP contribution < -0.4 is 0 Å². The lowest BCUT2D eigenvalue weighted by Gasteiger charge is -2.60. The summed E-state index contributed by atoms with van der Waals surface area (Å²) in [4.78, 5) is 0. The number of hydrogen-bond acceptors (Lipinski definition) is 6. The van der Waals surface area contributed by atoms with Gasteiger partial charge in [-0.3, -0.25) is 0 Å². The summed E-state index contributed by atoms with van der Waals surface area (Å²) in [6, 6.07) is 0. The Morgan fingerprint density at radius 3 is 1.81 bits per heavy atom. The van der Waals surface area contributed by atoms with Gasteiger partial charge in [0.2, 0.25) is 0 Å². The van der Waals surface area contributed by atoms with Crippen LogP contribution in [0.5, 0.6) is 0 Å². The third-order valence-corrected chi connectivity index (χ3v) is 4.69. The fourth-order valence-corrected chi connectivity index (χ4v) is 3.48. The molecule has 0 saturated carbocycles. The van der Waals surface area contributed by atoms with Gasteiger partial charge in [-0.05, 0) is 41.5 Å². The fourth-order valence-electron chi connectivity index (χ4n) is 3.48. The smallest absolute Gasteiger partial charge is 0.163 e. The Bertz CT molecular complexity index is 432. The molecule has 0 radical (unpaired) electrons. The highest BCUT2D eigenvalue weighted by Gasteiger charge is 2.71. The first-order valence-electron chi connectivity index (χ1n) is 7.51. The van der Waals surface area contributed by atoms with Crippen molar-refractivity contribution in [1.29, 1.82) is 0 Å². The van der Waals surface area contributed by atoms with Crippen LogP contribution in [0.4, 0.5) is 0 Å². The van der Waals surface area contributed by atoms with Crippen LogP contribution in [-0.2, 0) is 23.7 Å². The van der Waals surface area contributed by atoms with Crippen LogP contribution in [-0.4, -0.2) is 59.4 Å². The predicted octanol–water partition coefficient (Wildman–Crippen LogP) is 1.20. The first-order chi connectivity index (χ1) is 9.47. The minimum absolute atomic E-state index is 0.315. The second-order valence-electron chi connectivity index (χ2n) is 7.56. The molecule has 0 aromatic carbocycles. The van der Waals surface area contributed by atoms with E-state index in [0.29, 0.717) is 13.2 Å². The van der Waals surface area contributed by atoms with Crippen molar-refractivity contribution in [3.05, 3.63) is 0 Å². The SMILES string of the molecule is CC1(C)OC[C@H]([C@H]2OC(C)(C)C2(O)[C@H]2COC(C)(C)O2)O1. The van der Waals surface area contributed by atoms with Gasteiger partial charge in [0, 0.05) is 0 Å². The summed E-state index contributed by atoms with van der Waals surface area (Å²) < 4.78 is 28.8. The number of aliphatic hydroxyl groups is 1. The largest absolute Gasteiger partial charge is 0.381 e. The van der Waals surface area contributed by atoms with Crippen molar-refractivity contribution in [3.8, 4) is 0 Å². The average molecular weight is 302 g/mol. The zero-order chi connectivity index (χ0) is 15.7. The number of rotatable bonds is 2. The van der Waals surface area contributed by atoms with Crippen molar-refractivity contribution in [3.63, 3.8) is 0 Å². The topological polar surface area (TPSA) is 66.4 Å². The molecule has 6 nitrogen and oxygen atoms in total. The van der Waals surface area contributed by atoms with Crippen molar-refractivity contribution in [1.82, 2.24) is 0 Å². The molecule has 3 saturated heterocycles. The zero-order valence-corrected chi connectivity index (χ0v) is 13.6. The van der Waals surface area contributed by atoms with E-state index in [0.717, 1.165) is 0 Å². The van der Waals surface area contributed by atoms with Crippen LogP contribution in [0.1, 0.15) is 41.5 Å². The van der Waals surface area contributed by atoms with E-state index in [1.165, 1.54) is 0 Å². The van der Waals surface area contributed by atoms with Crippen LogP contribution in [0, 0.1) is 0 Å². The van der Waals surface area contributed by atoms with E-state index in [9.17, 15) is 5.11 Å². The van der Waals surface area contributed by atoms with Gasteiger partial charge < -0.3 is 28.8 Å². The van der Waals surface area contributed by atoms with E-state index in [4.69, 9.17) is 23.7 Å². The van der Waals surface area contributed by atoms with Gasteiger partial charge in [0.05, 0.1) is 18.8 Å². The first kappa shape index (κ1) is 15.6. The highest BCUT2D eigenvalue weighted by atomic mass is 16.8. The first-order valence-corrected chi connectivity index (χ1v) is 7.51. The quantitative estimate of drug-likeness (QED) is 0.827. The molecule has 3 aliphatic rings. The molecule has 1 N–H and O–H groups in total. The Labute approximate surface area is 125 Å². The minimum Gasteiger partial charge on any atom is -0.381 e. The molecule has 122 valence electrons. The summed E-state index contributed by atoms with van der Waals surface area (Å²) in [6.45, 7) is 11.9. The lowest BCUT2D eigenvalue weighted by Crippen LogP contribution is -2.80. The van der Waals surface area contributed by atoms with E-state index >= 15 is 0 Å². The Hall–Kier alpha value is -0.240. The fraction of sp³-hybridized carbons (Fsp3) is 1.00. The predicted molar refractivity (Wildman–Crippen MR) is 73.7 cm³/mol. The molecule has 21 heavy (non-hydrogen) atoms. The van der Waals surface area contributed by atoms with Crippen molar-refractivity contribution < 1.29 is 28.8 Å². The van der Waals surface area contributed by atoms with E-state index < -0.39 is 35.0 Å². The van der Waals surface area contributed by atoms with Crippen LogP contribution in [0.25, 0.3) is 0 Å². The van der Waals surface area contributed by atoms with Gasteiger partial charge in [-0.1, -0.05) is 0 Å². The van der Waals surface area contributed by atoms with Crippen molar-refractivity contribution in [2.24, 2.45) is 0 Å². The molecule has 1 unspecified atom stereocenters. The van der Waals surface area contributed by atoms with Gasteiger partial charge in [-0.2, -0.15) is 0 Å². The molecular weight excluding hydrogens is 276 g/mol. The van der Waals surface area contributed by atoms with Crippen molar-refractivity contribution >= 4 is 0 Å². The van der Waals surface area contributed by atoms with Crippen LogP contribution >= 0.6 is 0 Å². The van der Waals surface area contributed by atoms with Crippen molar-refractivity contribution in [2.45, 2.75) is 82.6 Å². The van der Waals surface area contributed by atoms with E-state index in [-0.39, 0.29) is 6.10 Å². The Kier molecular flexibility index (Phi) is 3.28. The minimum atomic E-state index is -1.17. The monoisotopic (exact) mass is 302 g/mol. The molecule has 0 spiro atoms. The Morgan fingerprint density at radius 2 is 1.38 bits per heavy atom. The summed E-state index contributed by atoms with van der Waals surface area (Å²) in [5.74, 6) is -1.34. The van der Waals surface area contributed by atoms with Gasteiger partial charge in [0.25, 0.3) is 0 Å². The van der Waals surface area contributed by atoms with Gasteiger partial charge in [0.15, 0.2) is 11.6 Å². The van der Waals surface area contributed by atoms with E-state index in [1.54, 1.807) is 0 Å². The summed E-state index contributed by atoms with van der Waals surface area (Å²) in [5, 5.41) is 11.3. The highest BCUT2D eigenvalue weighted by Crippen LogP contribution is 2.51. The maximum Gasteiger partial charge on any atom is 0.163 e. The molecule has 0 aliphatic carbocycles. The zero-order valence-electron chi connectivity index (χ0n) is 13.6. The molecule has 0 aromatic rings. The highest BCUT2D eigenvalue weighted by molar-refractivity contribution is 5.18. The Morgan fingerprint density at radius 1 is 0.810 bits per heavy atom. The summed E-state index contributed by atoms with van der Waals surface area (Å²) in [5.41, 5.74) is -1.89. The van der Waals surface area contributed by atoms with Crippen LogP contribution in [0.3, 0.4) is 0 Å². The van der Waals surface area contributed by atoms with Crippen LogP contribution in [0.15, 0.2) is 0 Å². The molecular formula is C15H26O6. The standard InChI is InChI=1S/C15H26O6/c1-12(2)15(16,10-8-18-14(5,6)20-10)11(21-12)9-7-17-13(3,4)19-9/h9-11,16H,7-8H2,1-6H3/t9-,10-,11-,15?/m1/s1. The third kappa shape index (κ3) is 2.33. The third-order valence-electron chi connectivity index (χ3n) is 4.69. The number of hydrogen-bond donors (Lipinski definition) is 1. The second kappa shape index (κ2) is 4.40. The molecule has 3 heterocycles. The van der Waals surface area contributed by atoms with E-state index in [2.05, 4.69) is 0 Å². The number of ether oxygens (including phenoxy) is 5. The molecule has 3 rings (SSSR count). The summed E-state index contributed by atoms with van der Waals surface area (Å²) in [7, 11) is 0. The van der Waals surface area contributed by atoms with Gasteiger partial charge in [0.1, 0.15) is 23.9 Å². The maximum atomic E-state index is 11.3. The maximum absolute atomic E-state index is 11.3. The van der Waals surface area contributed by atoms with E-state index in [1.807, 2.05) is 41.5 Å². The molecule has 3 fully saturated rings. The molecule has 0 amide bonds. The van der Waals surface area contributed by atoms with Crippen LogP contribution in [0.2, 0.25) is 0 Å². The molecule has 0 aromatic heterocycles. The molecule has 0 bridgehead atoms.